The van der Waals surface area contributed by atoms with E-state index < -0.39 is 6.17 Å². The number of carbonyl (C=O) groups excluding carboxylic acids is 3. The van der Waals surface area contributed by atoms with Gasteiger partial charge in [-0.25, -0.2) is 0 Å². The van der Waals surface area contributed by atoms with Crippen molar-refractivity contribution in [3.05, 3.63) is 53.1 Å². The van der Waals surface area contributed by atoms with Gasteiger partial charge in [0, 0.05) is 31.1 Å². The number of para-hydroxylation sites is 1. The van der Waals surface area contributed by atoms with Gasteiger partial charge in [-0.3, -0.25) is 19.3 Å². The Balaban J connectivity index is 1.08. The molecule has 224 valence electrons. The first kappa shape index (κ1) is 28.5. The van der Waals surface area contributed by atoms with Crippen LogP contribution in [0.15, 0.2) is 36.4 Å². The molecule has 9 heteroatoms. The van der Waals surface area contributed by atoms with Gasteiger partial charge in [0.25, 0.3) is 11.8 Å². The SMILES string of the molecule is COc1ccc2c(c1OC)C(=O)N1c3ccccc3C(=O)N(CCCCCC(=O)NC[C@@H]3CCCN4CCCC[C@H]34)[C@@H]21. The third-order valence-corrected chi connectivity index (χ3v) is 9.58. The van der Waals surface area contributed by atoms with E-state index in [0.717, 1.165) is 31.4 Å². The molecule has 3 amide bonds. The number of piperidine rings is 2. The highest BCUT2D eigenvalue weighted by Crippen LogP contribution is 2.49. The molecule has 42 heavy (non-hydrogen) atoms. The lowest BCUT2D eigenvalue weighted by atomic mass is 9.83. The summed E-state index contributed by atoms with van der Waals surface area (Å²) in [7, 11) is 3.07. The number of hydrogen-bond donors (Lipinski definition) is 1. The summed E-state index contributed by atoms with van der Waals surface area (Å²) in [5.41, 5.74) is 2.29. The standard InChI is InChI=1S/C33H42N4O5/c1-41-27-17-16-24-29(30(27)42-2)33(40)37-26-14-6-5-12-23(26)32(39)36(31(24)37)20-8-3-4-15-28(38)34-21-22-11-10-19-35-18-9-7-13-25(22)35/h5-6,12,14,16-17,22,25,31H,3-4,7-11,13,15,18-21H2,1-2H3,(H,34,38)/t22-,25+,31+/m0/s1. The molecule has 4 aliphatic rings. The Morgan fingerprint density at radius 3 is 2.60 bits per heavy atom. The molecule has 0 bridgehead atoms. The Kier molecular flexibility index (Phi) is 8.38. The summed E-state index contributed by atoms with van der Waals surface area (Å²) in [6.45, 7) is 3.68. The minimum absolute atomic E-state index is 0.0933. The first-order valence-electron chi connectivity index (χ1n) is 15.5. The molecule has 4 heterocycles. The molecule has 2 aromatic carbocycles. The molecule has 1 N–H and O–H groups in total. The largest absolute Gasteiger partial charge is 0.493 e. The van der Waals surface area contributed by atoms with Crippen LogP contribution in [0.4, 0.5) is 5.69 Å². The summed E-state index contributed by atoms with van der Waals surface area (Å²) >= 11 is 0. The first-order chi connectivity index (χ1) is 20.5. The van der Waals surface area contributed by atoms with Crippen molar-refractivity contribution >= 4 is 23.4 Å². The number of anilines is 1. The van der Waals surface area contributed by atoms with Crippen LogP contribution in [-0.2, 0) is 4.79 Å². The predicted octanol–water partition coefficient (Wildman–Crippen LogP) is 4.76. The molecule has 0 radical (unpaired) electrons. The second-order valence-corrected chi connectivity index (χ2v) is 11.9. The average Bonchev–Trinajstić information content (AvgIpc) is 3.32. The van der Waals surface area contributed by atoms with Gasteiger partial charge in [0.15, 0.2) is 11.5 Å². The Bertz CT molecular complexity index is 1340. The van der Waals surface area contributed by atoms with E-state index in [9.17, 15) is 14.4 Å². The van der Waals surface area contributed by atoms with E-state index in [0.29, 0.717) is 53.2 Å². The summed E-state index contributed by atoms with van der Waals surface area (Å²) in [6.07, 6.45) is 8.56. The van der Waals surface area contributed by atoms with Crippen molar-refractivity contribution in [2.24, 2.45) is 5.92 Å². The summed E-state index contributed by atoms with van der Waals surface area (Å²) in [4.78, 5) is 46.3. The van der Waals surface area contributed by atoms with Gasteiger partial charge in [0.1, 0.15) is 6.17 Å². The number of ether oxygens (including phenoxy) is 2. The molecule has 0 aromatic heterocycles. The molecule has 2 aromatic rings. The highest BCUT2D eigenvalue weighted by atomic mass is 16.5. The van der Waals surface area contributed by atoms with Gasteiger partial charge < -0.3 is 24.6 Å². The van der Waals surface area contributed by atoms with Crippen LogP contribution in [0.3, 0.4) is 0 Å². The van der Waals surface area contributed by atoms with E-state index in [1.165, 1.54) is 52.3 Å². The van der Waals surface area contributed by atoms with Crippen LogP contribution in [0, 0.1) is 5.92 Å². The number of methoxy groups -OCH3 is 2. The van der Waals surface area contributed by atoms with E-state index in [1.807, 2.05) is 24.3 Å². The first-order valence-corrected chi connectivity index (χ1v) is 15.5. The molecule has 0 saturated carbocycles. The second kappa shape index (κ2) is 12.3. The second-order valence-electron chi connectivity index (χ2n) is 11.9. The highest BCUT2D eigenvalue weighted by Gasteiger charge is 2.49. The molecule has 0 spiro atoms. The van der Waals surface area contributed by atoms with Crippen LogP contribution >= 0.6 is 0 Å². The Hall–Kier alpha value is -3.59. The van der Waals surface area contributed by atoms with Crippen molar-refractivity contribution in [1.29, 1.82) is 0 Å². The van der Waals surface area contributed by atoms with Gasteiger partial charge in [0.05, 0.1) is 31.0 Å². The Morgan fingerprint density at radius 2 is 1.76 bits per heavy atom. The normalized spacial score (nSPS) is 23.1. The zero-order valence-corrected chi connectivity index (χ0v) is 24.8. The highest BCUT2D eigenvalue weighted by molar-refractivity contribution is 6.18. The van der Waals surface area contributed by atoms with Crippen molar-refractivity contribution in [3.8, 4) is 11.5 Å². The number of fused-ring (bicyclic) bond motifs is 6. The lowest BCUT2D eigenvalue weighted by Gasteiger charge is -2.44. The van der Waals surface area contributed by atoms with Crippen molar-refractivity contribution in [2.45, 2.75) is 70.0 Å². The molecule has 9 nitrogen and oxygen atoms in total. The van der Waals surface area contributed by atoms with Crippen molar-refractivity contribution in [3.63, 3.8) is 0 Å². The number of carbonyl (C=O) groups is 3. The van der Waals surface area contributed by atoms with E-state index in [2.05, 4.69) is 10.2 Å². The molecular weight excluding hydrogens is 532 g/mol. The van der Waals surface area contributed by atoms with Crippen LogP contribution in [-0.4, -0.2) is 74.0 Å². The van der Waals surface area contributed by atoms with Crippen LogP contribution in [0.1, 0.15) is 90.2 Å². The zero-order valence-electron chi connectivity index (χ0n) is 24.8. The summed E-state index contributed by atoms with van der Waals surface area (Å²) in [5.74, 6) is 1.25. The lowest BCUT2D eigenvalue weighted by Crippen LogP contribution is -2.50. The zero-order chi connectivity index (χ0) is 29.2. The minimum Gasteiger partial charge on any atom is -0.493 e. The van der Waals surface area contributed by atoms with Crippen LogP contribution in [0.2, 0.25) is 0 Å². The summed E-state index contributed by atoms with van der Waals surface area (Å²) in [6, 6.07) is 11.5. The lowest BCUT2D eigenvalue weighted by molar-refractivity contribution is -0.121. The third kappa shape index (κ3) is 5.12. The number of amides is 3. The molecule has 2 saturated heterocycles. The smallest absolute Gasteiger partial charge is 0.264 e. The van der Waals surface area contributed by atoms with Gasteiger partial charge in [-0.2, -0.15) is 0 Å². The number of benzene rings is 2. The van der Waals surface area contributed by atoms with Gasteiger partial charge in [-0.05, 0) is 75.7 Å². The molecular formula is C33H42N4O5. The maximum atomic E-state index is 13.8. The topological polar surface area (TPSA) is 91.4 Å². The average molecular weight is 575 g/mol. The Labute approximate surface area is 248 Å². The number of hydrogen-bond acceptors (Lipinski definition) is 6. The minimum atomic E-state index is -0.548. The molecule has 2 fully saturated rings. The number of nitrogens with one attached hydrogen (secondary N) is 1. The fraction of sp³-hybridized carbons (Fsp3) is 0.545. The maximum absolute atomic E-state index is 13.8. The van der Waals surface area contributed by atoms with Crippen molar-refractivity contribution in [2.75, 3.05) is 45.3 Å². The van der Waals surface area contributed by atoms with E-state index in [4.69, 9.17) is 9.47 Å². The van der Waals surface area contributed by atoms with Gasteiger partial charge in [0.2, 0.25) is 5.91 Å². The van der Waals surface area contributed by atoms with E-state index >= 15 is 0 Å². The molecule has 0 aliphatic carbocycles. The van der Waals surface area contributed by atoms with Gasteiger partial charge >= 0.3 is 0 Å². The Morgan fingerprint density at radius 1 is 0.929 bits per heavy atom. The summed E-state index contributed by atoms with van der Waals surface area (Å²) in [5, 5.41) is 3.21. The van der Waals surface area contributed by atoms with Crippen molar-refractivity contribution in [1.82, 2.24) is 15.1 Å². The van der Waals surface area contributed by atoms with Gasteiger partial charge in [-0.1, -0.05) is 31.0 Å². The number of nitrogens with zero attached hydrogens (tertiary/aromatic N) is 3. The fourth-order valence-corrected chi connectivity index (χ4v) is 7.54. The number of rotatable bonds is 10. The third-order valence-electron chi connectivity index (χ3n) is 9.58. The van der Waals surface area contributed by atoms with E-state index in [-0.39, 0.29) is 17.7 Å². The quantitative estimate of drug-likeness (QED) is 0.412. The van der Waals surface area contributed by atoms with Gasteiger partial charge in [-0.15, -0.1) is 0 Å². The summed E-state index contributed by atoms with van der Waals surface area (Å²) < 4.78 is 11.1. The maximum Gasteiger partial charge on any atom is 0.264 e. The molecule has 0 unspecified atom stereocenters. The monoisotopic (exact) mass is 574 g/mol. The number of unbranched alkanes of at least 4 members (excludes halogenated alkanes) is 2. The molecule has 4 aliphatic heterocycles. The predicted molar refractivity (Wildman–Crippen MR) is 160 cm³/mol. The van der Waals surface area contributed by atoms with Crippen LogP contribution < -0.4 is 19.7 Å². The van der Waals surface area contributed by atoms with Crippen LogP contribution in [0.25, 0.3) is 0 Å². The van der Waals surface area contributed by atoms with E-state index in [1.54, 1.807) is 29.0 Å². The molecule has 6 rings (SSSR count). The van der Waals surface area contributed by atoms with Crippen molar-refractivity contribution < 1.29 is 23.9 Å². The van der Waals surface area contributed by atoms with Crippen LogP contribution in [0.5, 0.6) is 11.5 Å². The fourth-order valence-electron chi connectivity index (χ4n) is 7.54. The molecule has 3 atom stereocenters.